The predicted octanol–water partition coefficient (Wildman–Crippen LogP) is 8.01. The Labute approximate surface area is 285 Å². The number of H-pyrrole nitrogens is 1. The number of benzene rings is 4. The molecule has 0 atom stereocenters. The summed E-state index contributed by atoms with van der Waals surface area (Å²) in [5.74, 6) is 0. The molecule has 1 N–H and O–H groups in total. The molecule has 0 saturated heterocycles. The van der Waals surface area contributed by atoms with Gasteiger partial charge in [-0.3, -0.25) is 0 Å². The minimum Gasteiger partial charge on any atom is -0.354 e. The summed E-state index contributed by atoms with van der Waals surface area (Å²) in [6.07, 6.45) is 10.8. The smallest absolute Gasteiger partial charge is 0.0738 e. The highest BCUT2D eigenvalue weighted by atomic mass is 14.9. The normalized spacial score (nSPS) is 15.3. The van der Waals surface area contributed by atoms with Gasteiger partial charge in [0.25, 0.3) is 0 Å². The molecule has 4 heteroatoms. The topological polar surface area (TPSA) is 45.4 Å². The van der Waals surface area contributed by atoms with Crippen molar-refractivity contribution in [2.24, 2.45) is 17.0 Å². The molecule has 0 aliphatic carbocycles. The highest BCUT2D eigenvalue weighted by molar-refractivity contribution is 6.35. The predicted molar refractivity (Wildman–Crippen MR) is 201 cm³/mol. The van der Waals surface area contributed by atoms with Crippen LogP contribution < -0.4 is 10.7 Å². The lowest BCUT2D eigenvalue weighted by Crippen LogP contribution is -2.19. The summed E-state index contributed by atoms with van der Waals surface area (Å²) in [6.45, 7) is 0. The summed E-state index contributed by atoms with van der Waals surface area (Å²) in [6, 6.07) is 48.9. The first kappa shape index (κ1) is 28.7. The van der Waals surface area contributed by atoms with E-state index in [-0.39, 0.29) is 0 Å². The summed E-state index contributed by atoms with van der Waals surface area (Å²) in [4.78, 5) is 14.6. The van der Waals surface area contributed by atoms with Gasteiger partial charge in [0.05, 0.1) is 28.5 Å². The zero-order valence-corrected chi connectivity index (χ0v) is 27.0. The maximum atomic E-state index is 5.38. The van der Waals surface area contributed by atoms with Crippen LogP contribution in [0.15, 0.2) is 191 Å². The van der Waals surface area contributed by atoms with Crippen LogP contribution in [0.25, 0.3) is 22.3 Å². The summed E-state index contributed by atoms with van der Waals surface area (Å²) in [5.41, 5.74) is 14.5. The number of hydrogen-bond donors (Lipinski definition) is 1. The number of aryl methyl sites for hydroxylation is 1. The van der Waals surface area contributed by atoms with E-state index in [1.165, 1.54) is 0 Å². The Morgan fingerprint density at radius 3 is 1.41 bits per heavy atom. The van der Waals surface area contributed by atoms with Gasteiger partial charge in [-0.1, -0.05) is 121 Å². The largest absolute Gasteiger partial charge is 0.354 e. The number of nitrogens with one attached hydrogen (secondary N) is 1. The third-order valence-electron chi connectivity index (χ3n) is 9.33. The molecule has 0 amide bonds. The van der Waals surface area contributed by atoms with Gasteiger partial charge >= 0.3 is 0 Å². The van der Waals surface area contributed by atoms with Gasteiger partial charge < -0.3 is 9.55 Å². The van der Waals surface area contributed by atoms with Gasteiger partial charge in [0.1, 0.15) is 0 Å². The highest BCUT2D eigenvalue weighted by Crippen LogP contribution is 2.36. The van der Waals surface area contributed by atoms with E-state index >= 15 is 0 Å². The van der Waals surface area contributed by atoms with E-state index in [4.69, 9.17) is 9.98 Å². The molecule has 0 unspecified atom stereocenters. The van der Waals surface area contributed by atoms with Crippen molar-refractivity contribution in [1.82, 2.24) is 9.55 Å². The number of fused-ring (bicyclic) bond motifs is 6. The fourth-order valence-corrected chi connectivity index (χ4v) is 7.11. The molecule has 4 aromatic carbocycles. The Morgan fingerprint density at radius 1 is 0.429 bits per heavy atom. The second-order valence-corrected chi connectivity index (χ2v) is 12.4. The summed E-state index contributed by atoms with van der Waals surface area (Å²) < 4.78 is 2.23. The summed E-state index contributed by atoms with van der Waals surface area (Å²) in [7, 11) is 2.13. The van der Waals surface area contributed by atoms with Gasteiger partial charge in [-0.2, -0.15) is 0 Å². The molecule has 0 radical (unpaired) electrons. The van der Waals surface area contributed by atoms with E-state index < -0.39 is 0 Å². The molecule has 6 aromatic rings. The molecule has 232 valence electrons. The maximum Gasteiger partial charge on any atom is 0.0738 e. The zero-order chi connectivity index (χ0) is 32.7. The molecular formula is C45H32N4. The Morgan fingerprint density at radius 2 is 0.857 bits per heavy atom. The molecule has 4 nitrogen and oxygen atoms in total. The summed E-state index contributed by atoms with van der Waals surface area (Å²) in [5, 5.41) is 2.05. The number of rotatable bonds is 4. The average molecular weight is 629 g/mol. The molecule has 3 aliphatic rings. The van der Waals surface area contributed by atoms with E-state index in [9.17, 15) is 0 Å². The van der Waals surface area contributed by atoms with Crippen molar-refractivity contribution in [3.8, 4) is 0 Å². The van der Waals surface area contributed by atoms with Crippen LogP contribution in [0.3, 0.4) is 0 Å². The number of hydrogen-bond acceptors (Lipinski definition) is 2. The van der Waals surface area contributed by atoms with Crippen molar-refractivity contribution < 1.29 is 0 Å². The van der Waals surface area contributed by atoms with Crippen LogP contribution >= 0.6 is 0 Å². The average Bonchev–Trinajstić information content (AvgIpc) is 3.98. The minimum absolute atomic E-state index is 0.886. The third kappa shape index (κ3) is 5.11. The zero-order valence-electron chi connectivity index (χ0n) is 27.0. The summed E-state index contributed by atoms with van der Waals surface area (Å²) >= 11 is 0. The van der Waals surface area contributed by atoms with Crippen molar-refractivity contribution in [1.29, 1.82) is 0 Å². The lowest BCUT2D eigenvalue weighted by Gasteiger charge is -2.12. The third-order valence-corrected chi connectivity index (χ3v) is 9.33. The van der Waals surface area contributed by atoms with Crippen LogP contribution in [-0.2, 0) is 7.05 Å². The SMILES string of the molecule is Cn1cc2cc1C(c1ccccc1)=C1C=CC(=N1)C(c1ccccc1)=C1C=CC(=N1)C(c1ccccc1)=c1ccc([nH]1)=C2c1ccccc1. The van der Waals surface area contributed by atoms with Crippen LogP contribution in [0.2, 0.25) is 0 Å². The molecule has 0 spiro atoms. The molecule has 8 bridgehead atoms. The lowest BCUT2D eigenvalue weighted by molar-refractivity contribution is 0.907. The van der Waals surface area contributed by atoms with Gasteiger partial charge in [-0.25, -0.2) is 9.98 Å². The fraction of sp³-hybridized carbons (Fsp3) is 0.0222. The molecule has 0 fully saturated rings. The van der Waals surface area contributed by atoms with Crippen LogP contribution in [-0.4, -0.2) is 21.0 Å². The van der Waals surface area contributed by atoms with E-state index in [2.05, 4.69) is 181 Å². The monoisotopic (exact) mass is 628 g/mol. The van der Waals surface area contributed by atoms with Crippen LogP contribution in [0.4, 0.5) is 0 Å². The number of aliphatic imine (C=N–C) groups is 2. The van der Waals surface area contributed by atoms with E-state index in [1.807, 2.05) is 6.07 Å². The van der Waals surface area contributed by atoms with Crippen LogP contribution in [0, 0.1) is 0 Å². The first-order valence-electron chi connectivity index (χ1n) is 16.6. The van der Waals surface area contributed by atoms with E-state index in [1.54, 1.807) is 0 Å². The lowest BCUT2D eigenvalue weighted by atomic mass is 9.97. The van der Waals surface area contributed by atoms with Crippen LogP contribution in [0.1, 0.15) is 33.5 Å². The number of aromatic nitrogens is 2. The first-order chi connectivity index (χ1) is 24.2. The number of allylic oxidation sites excluding steroid dienone is 5. The van der Waals surface area contributed by atoms with Gasteiger partial charge in [0.15, 0.2) is 0 Å². The number of aromatic amines is 1. The van der Waals surface area contributed by atoms with Gasteiger partial charge in [-0.05, 0) is 64.8 Å². The molecule has 0 saturated carbocycles. The molecule has 5 heterocycles. The second kappa shape index (κ2) is 11.9. The van der Waals surface area contributed by atoms with Crippen molar-refractivity contribution in [2.75, 3.05) is 0 Å². The van der Waals surface area contributed by atoms with Gasteiger partial charge in [0, 0.05) is 51.8 Å². The van der Waals surface area contributed by atoms with Crippen molar-refractivity contribution in [3.05, 3.63) is 226 Å². The Balaban J connectivity index is 1.43. The molecule has 49 heavy (non-hydrogen) atoms. The minimum atomic E-state index is 0.886. The molecule has 2 aromatic heterocycles. The van der Waals surface area contributed by atoms with Gasteiger partial charge in [0.2, 0.25) is 0 Å². The second-order valence-electron chi connectivity index (χ2n) is 12.4. The van der Waals surface area contributed by atoms with Crippen molar-refractivity contribution >= 4 is 33.7 Å². The van der Waals surface area contributed by atoms with Crippen LogP contribution in [0.5, 0.6) is 0 Å². The fourth-order valence-electron chi connectivity index (χ4n) is 7.11. The van der Waals surface area contributed by atoms with E-state index in [0.717, 1.165) is 89.3 Å². The Kier molecular flexibility index (Phi) is 6.98. The first-order valence-corrected chi connectivity index (χ1v) is 16.6. The number of nitrogens with zero attached hydrogens (tertiary/aromatic N) is 3. The molecular weight excluding hydrogens is 597 g/mol. The molecule has 3 aliphatic heterocycles. The Bertz CT molecular complexity index is 2550. The maximum absolute atomic E-state index is 5.38. The van der Waals surface area contributed by atoms with E-state index in [0.29, 0.717) is 0 Å². The highest BCUT2D eigenvalue weighted by Gasteiger charge is 2.24. The van der Waals surface area contributed by atoms with Gasteiger partial charge in [-0.15, -0.1) is 0 Å². The standard InChI is InChI=1S/C45H32N4/c1-49-29-34-28-41(49)45(33-20-12-5-13-21-33)40-27-26-39(48-40)44(32-18-10-4-11-19-32)38-25-24-37(47-38)43(31-16-8-3-9-17-31)36-23-22-35(46-36)42(34)30-14-6-2-7-15-30/h2-29,46H,1H3. The van der Waals surface area contributed by atoms with Crippen molar-refractivity contribution in [3.63, 3.8) is 0 Å². The molecule has 9 rings (SSSR count). The quantitative estimate of drug-likeness (QED) is 0.206. The van der Waals surface area contributed by atoms with Crippen molar-refractivity contribution in [2.45, 2.75) is 0 Å². The Hall–Kier alpha value is -6.52.